The van der Waals surface area contributed by atoms with E-state index in [-0.39, 0.29) is 18.4 Å². The lowest BCUT2D eigenvalue weighted by Crippen LogP contribution is -2.49. The lowest BCUT2D eigenvalue weighted by Gasteiger charge is -2.37. The van der Waals surface area contributed by atoms with Crippen LogP contribution >= 0.6 is 11.6 Å². The van der Waals surface area contributed by atoms with Gasteiger partial charge in [-0.05, 0) is 79.1 Å². The molecule has 2 aliphatic rings. The van der Waals surface area contributed by atoms with Crippen LogP contribution in [0.2, 0.25) is 5.02 Å². The van der Waals surface area contributed by atoms with Gasteiger partial charge in [0.15, 0.2) is 0 Å². The summed E-state index contributed by atoms with van der Waals surface area (Å²) >= 11 is 6.25. The van der Waals surface area contributed by atoms with E-state index in [1.54, 1.807) is 53.4 Å². The summed E-state index contributed by atoms with van der Waals surface area (Å²) in [5.41, 5.74) is 5.81. The Labute approximate surface area is 247 Å². The Morgan fingerprint density at radius 1 is 0.829 bits per heavy atom. The fourth-order valence-corrected chi connectivity index (χ4v) is 7.12. The van der Waals surface area contributed by atoms with Crippen LogP contribution in [0.15, 0.2) is 94.7 Å². The van der Waals surface area contributed by atoms with Crippen LogP contribution in [0, 0.1) is 13.8 Å². The van der Waals surface area contributed by atoms with Gasteiger partial charge in [-0.1, -0.05) is 48.0 Å². The molecular weight excluding hydrogens is 554 g/mol. The maximum atomic E-state index is 13.9. The SMILES string of the molecule is Cc1ccc(C)c(N2CCN(C(=O)c3ccc4c(c3)N(Cc3cccc(Cl)c3)C(=O)c3ccccc3S4=O)CC2)c1. The summed E-state index contributed by atoms with van der Waals surface area (Å²) in [5, 5.41) is 0.567. The highest BCUT2D eigenvalue weighted by atomic mass is 35.5. The maximum Gasteiger partial charge on any atom is 0.259 e. The largest absolute Gasteiger partial charge is 0.368 e. The predicted octanol–water partition coefficient (Wildman–Crippen LogP) is 6.25. The van der Waals surface area contributed by atoms with Crippen LogP contribution in [0.4, 0.5) is 11.4 Å². The Kier molecular flexibility index (Phi) is 7.41. The van der Waals surface area contributed by atoms with Crippen LogP contribution < -0.4 is 9.80 Å². The molecule has 41 heavy (non-hydrogen) atoms. The number of rotatable bonds is 4. The molecule has 0 bridgehead atoms. The van der Waals surface area contributed by atoms with Crippen molar-refractivity contribution in [1.82, 2.24) is 4.90 Å². The van der Waals surface area contributed by atoms with Crippen molar-refractivity contribution in [2.24, 2.45) is 0 Å². The normalized spacial score (nSPS) is 16.7. The van der Waals surface area contributed by atoms with Crippen molar-refractivity contribution >= 4 is 45.6 Å². The van der Waals surface area contributed by atoms with Gasteiger partial charge in [-0.3, -0.25) is 9.59 Å². The molecule has 4 aromatic rings. The van der Waals surface area contributed by atoms with Gasteiger partial charge in [-0.25, -0.2) is 4.21 Å². The number of benzene rings is 4. The monoisotopic (exact) mass is 583 g/mol. The minimum absolute atomic E-state index is 0.101. The zero-order valence-corrected chi connectivity index (χ0v) is 24.5. The van der Waals surface area contributed by atoms with Gasteiger partial charge in [-0.2, -0.15) is 0 Å². The van der Waals surface area contributed by atoms with Crippen molar-refractivity contribution in [3.05, 3.63) is 118 Å². The molecule has 0 spiro atoms. The molecule has 1 atom stereocenters. The summed E-state index contributed by atoms with van der Waals surface area (Å²) in [6.07, 6.45) is 0. The van der Waals surface area contributed by atoms with Gasteiger partial charge in [0.1, 0.15) is 0 Å². The number of fused-ring (bicyclic) bond motifs is 2. The molecule has 1 fully saturated rings. The molecule has 0 radical (unpaired) electrons. The number of nitrogens with zero attached hydrogens (tertiary/aromatic N) is 3. The number of hydrogen-bond acceptors (Lipinski definition) is 4. The minimum Gasteiger partial charge on any atom is -0.368 e. The van der Waals surface area contributed by atoms with Gasteiger partial charge in [0.25, 0.3) is 11.8 Å². The molecule has 1 unspecified atom stereocenters. The van der Waals surface area contributed by atoms with Crippen LogP contribution in [0.1, 0.15) is 37.4 Å². The van der Waals surface area contributed by atoms with Gasteiger partial charge in [0, 0.05) is 42.5 Å². The van der Waals surface area contributed by atoms with E-state index >= 15 is 0 Å². The fraction of sp³-hybridized carbons (Fsp3) is 0.212. The summed E-state index contributed by atoms with van der Waals surface area (Å²) in [6.45, 7) is 7.08. The molecular formula is C33H30ClN3O3S. The Morgan fingerprint density at radius 3 is 2.39 bits per heavy atom. The highest BCUT2D eigenvalue weighted by Gasteiger charge is 2.32. The van der Waals surface area contributed by atoms with Crippen molar-refractivity contribution in [3.8, 4) is 0 Å². The molecule has 8 heteroatoms. The summed E-state index contributed by atoms with van der Waals surface area (Å²) in [6, 6.07) is 25.9. The smallest absolute Gasteiger partial charge is 0.259 e. The number of piperazine rings is 1. The number of carbonyl (C=O) groups excluding carboxylic acids is 2. The molecule has 2 heterocycles. The first kappa shape index (κ1) is 27.2. The molecule has 0 saturated carbocycles. The summed E-state index contributed by atoms with van der Waals surface area (Å²) in [4.78, 5) is 34.4. The van der Waals surface area contributed by atoms with E-state index in [1.807, 2.05) is 23.1 Å². The van der Waals surface area contributed by atoms with E-state index in [0.717, 1.165) is 18.7 Å². The van der Waals surface area contributed by atoms with Crippen molar-refractivity contribution in [3.63, 3.8) is 0 Å². The number of aryl methyl sites for hydroxylation is 2. The molecule has 0 aliphatic carbocycles. The Hall–Kier alpha value is -3.94. The lowest BCUT2D eigenvalue weighted by molar-refractivity contribution is 0.0746. The Balaban J connectivity index is 1.32. The van der Waals surface area contributed by atoms with E-state index in [9.17, 15) is 13.8 Å². The molecule has 208 valence electrons. The third-order valence-electron chi connectivity index (χ3n) is 7.76. The van der Waals surface area contributed by atoms with Crippen LogP contribution in [-0.2, 0) is 17.3 Å². The van der Waals surface area contributed by atoms with E-state index in [0.29, 0.717) is 44.7 Å². The molecule has 6 rings (SSSR count). The van der Waals surface area contributed by atoms with Gasteiger partial charge in [-0.15, -0.1) is 0 Å². The predicted molar refractivity (Wildman–Crippen MR) is 164 cm³/mol. The van der Waals surface area contributed by atoms with Crippen LogP contribution in [0.25, 0.3) is 0 Å². The van der Waals surface area contributed by atoms with E-state index in [4.69, 9.17) is 11.6 Å². The third kappa shape index (κ3) is 5.27. The summed E-state index contributed by atoms with van der Waals surface area (Å²) in [7, 11) is -1.59. The van der Waals surface area contributed by atoms with E-state index < -0.39 is 10.8 Å². The number of halogens is 1. The van der Waals surface area contributed by atoms with Crippen LogP contribution in [0.3, 0.4) is 0 Å². The average molecular weight is 584 g/mol. The molecule has 2 aliphatic heterocycles. The molecule has 6 nitrogen and oxygen atoms in total. The second-order valence-corrected chi connectivity index (χ2v) is 12.4. The third-order valence-corrected chi connectivity index (χ3v) is 9.50. The van der Waals surface area contributed by atoms with Crippen molar-refractivity contribution in [2.45, 2.75) is 30.2 Å². The second kappa shape index (κ2) is 11.1. The number of anilines is 2. The number of hydrogen-bond donors (Lipinski definition) is 0. The Morgan fingerprint density at radius 2 is 1.61 bits per heavy atom. The van der Waals surface area contributed by atoms with E-state index in [1.165, 1.54) is 16.8 Å². The van der Waals surface area contributed by atoms with Crippen molar-refractivity contribution in [1.29, 1.82) is 0 Å². The second-order valence-electron chi connectivity index (χ2n) is 10.5. The standard InChI is InChI=1S/C33H30ClN3O3S/c1-22-10-11-23(2)28(18-22)35-14-16-36(17-15-35)32(38)25-12-13-31-29(20-25)37(21-24-6-5-7-26(34)19-24)33(39)27-8-3-4-9-30(27)41(31)40/h3-13,18-20H,14-17,21H2,1-2H3. The highest BCUT2D eigenvalue weighted by Crippen LogP contribution is 2.36. The highest BCUT2D eigenvalue weighted by molar-refractivity contribution is 7.85. The molecule has 4 aromatic carbocycles. The average Bonchev–Trinajstić information content (AvgIpc) is 3.07. The number of amides is 2. The fourth-order valence-electron chi connectivity index (χ4n) is 5.56. The van der Waals surface area contributed by atoms with Crippen molar-refractivity contribution in [2.75, 3.05) is 36.0 Å². The summed E-state index contributed by atoms with van der Waals surface area (Å²) < 4.78 is 13.7. The zero-order valence-electron chi connectivity index (χ0n) is 23.0. The zero-order chi connectivity index (χ0) is 28.7. The minimum atomic E-state index is -1.59. The quantitative estimate of drug-likeness (QED) is 0.285. The topological polar surface area (TPSA) is 60.9 Å². The number of carbonyl (C=O) groups is 2. The Bertz CT molecular complexity index is 1700. The van der Waals surface area contributed by atoms with Crippen LogP contribution in [0.5, 0.6) is 0 Å². The van der Waals surface area contributed by atoms with E-state index in [2.05, 4.69) is 36.9 Å². The molecule has 0 aromatic heterocycles. The first-order chi connectivity index (χ1) is 19.8. The van der Waals surface area contributed by atoms with Gasteiger partial charge in [0.2, 0.25) is 0 Å². The molecule has 2 amide bonds. The van der Waals surface area contributed by atoms with Crippen molar-refractivity contribution < 1.29 is 13.8 Å². The first-order valence-corrected chi connectivity index (χ1v) is 15.2. The molecule has 1 saturated heterocycles. The first-order valence-electron chi connectivity index (χ1n) is 13.6. The summed E-state index contributed by atoms with van der Waals surface area (Å²) in [5.74, 6) is -0.365. The van der Waals surface area contributed by atoms with Gasteiger partial charge in [0.05, 0.1) is 38.4 Å². The van der Waals surface area contributed by atoms with Gasteiger partial charge < -0.3 is 14.7 Å². The van der Waals surface area contributed by atoms with Gasteiger partial charge >= 0.3 is 0 Å². The lowest BCUT2D eigenvalue weighted by atomic mass is 10.1. The van der Waals surface area contributed by atoms with Crippen LogP contribution in [-0.4, -0.2) is 47.1 Å². The maximum absolute atomic E-state index is 13.9. The molecule has 0 N–H and O–H groups in total.